The first-order valence-electron chi connectivity index (χ1n) is 22.7. The molecule has 0 atom stereocenters. The summed E-state index contributed by atoms with van der Waals surface area (Å²) in [5.74, 6) is 0. The zero-order chi connectivity index (χ0) is 43.2. The lowest BCUT2D eigenvalue weighted by Crippen LogP contribution is -2.74. The Morgan fingerprint density at radius 1 is 0.231 bits per heavy atom. The summed E-state index contributed by atoms with van der Waals surface area (Å²) in [4.78, 5) is 2.55. The van der Waals surface area contributed by atoms with Gasteiger partial charge in [-0.25, -0.2) is 0 Å². The molecule has 0 heterocycles. The third kappa shape index (κ3) is 6.65. The van der Waals surface area contributed by atoms with Crippen LogP contribution in [-0.2, 0) is 12.8 Å². The summed E-state index contributed by atoms with van der Waals surface area (Å²) in [6, 6.07) is 96.8. The van der Waals surface area contributed by atoms with Gasteiger partial charge in [0.05, 0.1) is 0 Å². The Balaban J connectivity index is 0.933. The topological polar surface area (TPSA) is 0 Å². The fourth-order valence-corrected chi connectivity index (χ4v) is 21.6. The molecular formula is C62H46SSi2. The van der Waals surface area contributed by atoms with Crippen LogP contribution in [0.3, 0.4) is 0 Å². The van der Waals surface area contributed by atoms with E-state index in [1.807, 2.05) is 11.8 Å². The monoisotopic (exact) mass is 878 g/mol. The van der Waals surface area contributed by atoms with Gasteiger partial charge in [0.2, 0.25) is 0 Å². The molecule has 0 saturated carbocycles. The van der Waals surface area contributed by atoms with Gasteiger partial charge in [-0.1, -0.05) is 242 Å². The predicted molar refractivity (Wildman–Crippen MR) is 281 cm³/mol. The maximum Gasteiger partial charge on any atom is 0.179 e. The molecule has 2 aliphatic carbocycles. The lowest BCUT2D eigenvalue weighted by Gasteiger charge is -2.34. The van der Waals surface area contributed by atoms with Crippen LogP contribution in [0, 0.1) is 0 Å². The highest BCUT2D eigenvalue weighted by Gasteiger charge is 2.43. The SMILES string of the molecule is c1ccc([Si](c2ccccc2)(c2ccccc2)c2ccc3c(c2)-c2cc(Sc4ccc5c(c4)-c4cc([Si](c6ccccc6)(c6ccccc6)c6ccccc6)ccc4C5)ccc2C3)cc1. The predicted octanol–water partition coefficient (Wildman–Crippen LogP) is 9.73. The second kappa shape index (κ2) is 16.5. The Kier molecular flexibility index (Phi) is 10.1. The minimum Gasteiger partial charge on any atom is -0.0901 e. The number of rotatable bonds is 10. The van der Waals surface area contributed by atoms with Crippen LogP contribution in [0.25, 0.3) is 22.3 Å². The molecule has 12 rings (SSSR count). The molecule has 65 heavy (non-hydrogen) atoms. The van der Waals surface area contributed by atoms with Crippen molar-refractivity contribution in [2.24, 2.45) is 0 Å². The van der Waals surface area contributed by atoms with Crippen molar-refractivity contribution < 1.29 is 0 Å². The van der Waals surface area contributed by atoms with Gasteiger partial charge in [-0.05, 0) is 123 Å². The molecule has 0 bridgehead atoms. The van der Waals surface area contributed by atoms with E-state index < -0.39 is 16.1 Å². The Morgan fingerprint density at radius 2 is 0.477 bits per heavy atom. The molecule has 10 aromatic rings. The first kappa shape index (κ1) is 39.6. The van der Waals surface area contributed by atoms with E-state index in [1.165, 1.54) is 95.8 Å². The molecule has 0 amide bonds. The second-order valence-corrected chi connectivity index (χ2v) is 26.3. The minimum absolute atomic E-state index is 0.962. The number of fused-ring (bicyclic) bond motifs is 6. The van der Waals surface area contributed by atoms with Gasteiger partial charge in [0.15, 0.2) is 16.1 Å². The van der Waals surface area contributed by atoms with Crippen molar-refractivity contribution in [3.8, 4) is 22.3 Å². The summed E-state index contributed by atoms with van der Waals surface area (Å²) in [5, 5.41) is 11.2. The van der Waals surface area contributed by atoms with Crippen molar-refractivity contribution in [3.05, 3.63) is 277 Å². The van der Waals surface area contributed by atoms with E-state index in [0.717, 1.165) is 12.8 Å². The van der Waals surface area contributed by atoms with Crippen molar-refractivity contribution in [3.63, 3.8) is 0 Å². The quantitative estimate of drug-likeness (QED) is 0.0975. The highest BCUT2D eigenvalue weighted by Crippen LogP contribution is 2.43. The van der Waals surface area contributed by atoms with Crippen LogP contribution in [-0.4, -0.2) is 16.1 Å². The molecule has 0 radical (unpaired) electrons. The van der Waals surface area contributed by atoms with Crippen LogP contribution in [0.15, 0.2) is 265 Å². The zero-order valence-corrected chi connectivity index (χ0v) is 38.9. The Morgan fingerprint density at radius 3 is 0.754 bits per heavy atom. The fourth-order valence-electron chi connectivity index (χ4n) is 11.2. The Labute approximate surface area is 389 Å². The van der Waals surface area contributed by atoms with Crippen molar-refractivity contribution in [2.45, 2.75) is 22.6 Å². The number of hydrogen-bond donors (Lipinski definition) is 0. The third-order valence-corrected chi connectivity index (χ3v) is 24.6. The number of hydrogen-bond acceptors (Lipinski definition) is 1. The van der Waals surface area contributed by atoms with Gasteiger partial charge in [0.25, 0.3) is 0 Å². The third-order valence-electron chi connectivity index (χ3n) is 14.1. The molecule has 0 N–H and O–H groups in total. The van der Waals surface area contributed by atoms with Crippen LogP contribution >= 0.6 is 11.8 Å². The maximum atomic E-state index is 2.56. The average molecular weight is 879 g/mol. The molecule has 3 heteroatoms. The summed E-state index contributed by atoms with van der Waals surface area (Å²) < 4.78 is 0. The summed E-state index contributed by atoms with van der Waals surface area (Å²) in [6.45, 7) is 0. The van der Waals surface area contributed by atoms with E-state index >= 15 is 0 Å². The van der Waals surface area contributed by atoms with Crippen LogP contribution in [0.5, 0.6) is 0 Å². The van der Waals surface area contributed by atoms with E-state index in [0.29, 0.717) is 0 Å². The van der Waals surface area contributed by atoms with Crippen molar-refractivity contribution in [1.29, 1.82) is 0 Å². The molecule has 0 unspecified atom stereocenters. The lowest BCUT2D eigenvalue weighted by molar-refractivity contribution is 1.25. The highest BCUT2D eigenvalue weighted by molar-refractivity contribution is 7.99. The van der Waals surface area contributed by atoms with E-state index in [9.17, 15) is 0 Å². The Bertz CT molecular complexity index is 2900. The van der Waals surface area contributed by atoms with Gasteiger partial charge in [-0.2, -0.15) is 0 Å². The zero-order valence-electron chi connectivity index (χ0n) is 36.1. The molecule has 0 aliphatic heterocycles. The molecule has 10 aromatic carbocycles. The maximum absolute atomic E-state index is 2.65. The van der Waals surface area contributed by atoms with E-state index in [4.69, 9.17) is 0 Å². The van der Waals surface area contributed by atoms with Gasteiger partial charge in [0.1, 0.15) is 0 Å². The fraction of sp³-hybridized carbons (Fsp3) is 0.0323. The molecule has 308 valence electrons. The summed E-state index contributed by atoms with van der Waals surface area (Å²) in [5.41, 5.74) is 11.1. The van der Waals surface area contributed by atoms with Gasteiger partial charge in [0, 0.05) is 9.79 Å². The first-order chi connectivity index (χ1) is 32.2. The van der Waals surface area contributed by atoms with Crippen LogP contribution in [0.2, 0.25) is 0 Å². The van der Waals surface area contributed by atoms with E-state index in [-0.39, 0.29) is 0 Å². The van der Waals surface area contributed by atoms with Crippen molar-refractivity contribution in [2.75, 3.05) is 0 Å². The van der Waals surface area contributed by atoms with Crippen LogP contribution < -0.4 is 41.5 Å². The summed E-state index contributed by atoms with van der Waals surface area (Å²) >= 11 is 1.89. The molecule has 2 aliphatic rings. The van der Waals surface area contributed by atoms with Gasteiger partial charge >= 0.3 is 0 Å². The summed E-state index contributed by atoms with van der Waals surface area (Å²) in [6.07, 6.45) is 1.92. The highest BCUT2D eigenvalue weighted by atomic mass is 32.2. The molecule has 0 fully saturated rings. The molecule has 0 nitrogen and oxygen atoms in total. The molecular weight excluding hydrogens is 833 g/mol. The normalized spacial score (nSPS) is 12.6. The van der Waals surface area contributed by atoms with Gasteiger partial charge < -0.3 is 0 Å². The molecule has 0 aromatic heterocycles. The lowest BCUT2D eigenvalue weighted by atomic mass is 10.1. The Hall–Kier alpha value is -7.02. The van der Waals surface area contributed by atoms with E-state index in [2.05, 4.69) is 255 Å². The van der Waals surface area contributed by atoms with Crippen molar-refractivity contribution >= 4 is 69.4 Å². The summed E-state index contributed by atoms with van der Waals surface area (Å²) in [7, 11) is -5.31. The van der Waals surface area contributed by atoms with Crippen LogP contribution in [0.1, 0.15) is 22.3 Å². The molecule has 0 spiro atoms. The second-order valence-electron chi connectivity index (χ2n) is 17.5. The standard InChI is InChI=1S/C62H46SSi2/c1-7-19-51(20-8-1)64(52-21-9-2-10-22-52,53-23-11-3-12-24-53)57-37-33-47-39-45-31-35-49(41-59(45)61(47)43-57)63-50-36-32-46-40-48-34-38-58(44-62(48)60(46)42-50)65(54-25-13-4-14-26-54,55-27-15-5-16-28-55)56-29-17-6-18-30-56/h1-38,41-44H,39-40H2. The average Bonchev–Trinajstić information content (AvgIpc) is 3.94. The largest absolute Gasteiger partial charge is 0.179 e. The first-order valence-corrected chi connectivity index (χ1v) is 27.6. The number of benzene rings is 10. The van der Waals surface area contributed by atoms with E-state index in [1.54, 1.807) is 0 Å². The smallest absolute Gasteiger partial charge is 0.0901 e. The minimum atomic E-state index is -2.65. The van der Waals surface area contributed by atoms with Crippen molar-refractivity contribution in [1.82, 2.24) is 0 Å². The van der Waals surface area contributed by atoms with Gasteiger partial charge in [-0.15, -0.1) is 0 Å². The van der Waals surface area contributed by atoms with Crippen LogP contribution in [0.4, 0.5) is 0 Å². The molecule has 0 saturated heterocycles. The van der Waals surface area contributed by atoms with Gasteiger partial charge in [-0.3, -0.25) is 0 Å².